The number of rotatable bonds is 9. The number of anilines is 2. The van der Waals surface area contributed by atoms with Crippen molar-refractivity contribution in [1.29, 1.82) is 0 Å². The first-order valence-electron chi connectivity index (χ1n) is 10.6. The highest BCUT2D eigenvalue weighted by Crippen LogP contribution is 2.25. The van der Waals surface area contributed by atoms with Crippen LogP contribution in [0.1, 0.15) is 39.6 Å². The van der Waals surface area contributed by atoms with E-state index in [-0.39, 0.29) is 16.5 Å². The Labute approximate surface area is 198 Å². The molecule has 1 aromatic heterocycles. The summed E-state index contributed by atoms with van der Waals surface area (Å²) in [5.74, 6) is 0.228. The number of benzene rings is 2. The third kappa shape index (κ3) is 5.78. The monoisotopic (exact) mass is 489 g/mol. The number of carbonyl (C=O) groups excluding carboxylic acids is 1. The summed E-state index contributed by atoms with van der Waals surface area (Å²) in [6.45, 7) is 6.02. The smallest absolute Gasteiger partial charge is 0.261 e. The van der Waals surface area contributed by atoms with Gasteiger partial charge < -0.3 is 15.6 Å². The van der Waals surface area contributed by atoms with Gasteiger partial charge in [0, 0.05) is 11.3 Å². The molecule has 0 unspecified atom stereocenters. The first kappa shape index (κ1) is 25.3. The number of alkyl halides is 1. The molecule has 4 N–H and O–H groups in total. The van der Waals surface area contributed by atoms with Gasteiger partial charge in [-0.05, 0) is 62.2 Å². The predicted octanol–water partition coefficient (Wildman–Crippen LogP) is 4.13. The van der Waals surface area contributed by atoms with Crippen molar-refractivity contribution in [3.05, 3.63) is 54.4 Å². The number of sulfonamides is 1. The number of aromatic nitrogens is 2. The quantitative estimate of drug-likeness (QED) is 0.410. The van der Waals surface area contributed by atoms with Crippen molar-refractivity contribution in [3.63, 3.8) is 0 Å². The van der Waals surface area contributed by atoms with Gasteiger partial charge in [0.25, 0.3) is 10.0 Å². The zero-order valence-corrected chi connectivity index (χ0v) is 20.2. The molecule has 2 aromatic carbocycles. The summed E-state index contributed by atoms with van der Waals surface area (Å²) in [7, 11) is -3.92. The molecule has 1 atom stereocenters. The first-order valence-corrected chi connectivity index (χ1v) is 12.1. The molecule has 0 fully saturated rings. The van der Waals surface area contributed by atoms with Crippen molar-refractivity contribution in [2.75, 3.05) is 16.7 Å². The molecule has 9 nitrogen and oxygen atoms in total. The lowest BCUT2D eigenvalue weighted by Crippen LogP contribution is -2.32. The van der Waals surface area contributed by atoms with Gasteiger partial charge in [0.1, 0.15) is 6.67 Å². The summed E-state index contributed by atoms with van der Waals surface area (Å²) in [5.41, 5.74) is 5.99. The Kier molecular flexibility index (Phi) is 7.37. The Balaban J connectivity index is 1.74. The molecule has 1 heterocycles. The molecule has 0 radical (unpaired) electrons. The van der Waals surface area contributed by atoms with E-state index in [9.17, 15) is 17.6 Å². The second-order valence-corrected chi connectivity index (χ2v) is 10.6. The average Bonchev–Trinajstić information content (AvgIpc) is 3.28. The van der Waals surface area contributed by atoms with Gasteiger partial charge in [0.05, 0.1) is 22.0 Å². The standard InChI is InChI=1S/C23H28FN5O4S/c1-14(2)19(25)21-27-20(28-33-21)15-8-10-18(11-9-15)34(31,32)29-17-7-5-6-16(12-17)26-22(30)23(3,4)13-24/h5-12,14,19,29H,13,25H2,1-4H3,(H,26,30)/t19-/m0/s1. The van der Waals surface area contributed by atoms with Crippen LogP contribution >= 0.6 is 0 Å². The minimum absolute atomic E-state index is 0.0202. The lowest BCUT2D eigenvalue weighted by molar-refractivity contribution is -0.124. The van der Waals surface area contributed by atoms with Crippen LogP contribution in [-0.2, 0) is 14.8 Å². The minimum Gasteiger partial charge on any atom is -0.337 e. The second-order valence-electron chi connectivity index (χ2n) is 8.91. The highest BCUT2D eigenvalue weighted by molar-refractivity contribution is 7.92. The van der Waals surface area contributed by atoms with Crippen molar-refractivity contribution in [2.24, 2.45) is 17.1 Å². The highest BCUT2D eigenvalue weighted by Gasteiger charge is 2.27. The van der Waals surface area contributed by atoms with E-state index in [1.54, 1.807) is 30.3 Å². The SMILES string of the molecule is CC(C)[C@H](N)c1nc(-c2ccc(S(=O)(=O)Nc3cccc(NC(=O)C(C)(C)CF)c3)cc2)no1. The summed E-state index contributed by atoms with van der Waals surface area (Å²) in [5, 5.41) is 6.51. The Morgan fingerprint density at radius 3 is 2.41 bits per heavy atom. The maximum absolute atomic E-state index is 13.0. The fourth-order valence-electron chi connectivity index (χ4n) is 2.79. The number of hydrogen-bond acceptors (Lipinski definition) is 7. The number of nitrogens with two attached hydrogens (primary N) is 1. The molecule has 0 bridgehead atoms. The van der Waals surface area contributed by atoms with Crippen molar-refractivity contribution in [1.82, 2.24) is 10.1 Å². The van der Waals surface area contributed by atoms with Gasteiger partial charge in [0.15, 0.2) is 0 Å². The second kappa shape index (κ2) is 9.90. The van der Waals surface area contributed by atoms with Gasteiger partial charge in [-0.15, -0.1) is 0 Å². The summed E-state index contributed by atoms with van der Waals surface area (Å²) in [4.78, 5) is 16.5. The van der Waals surface area contributed by atoms with Gasteiger partial charge >= 0.3 is 0 Å². The van der Waals surface area contributed by atoms with Crippen LogP contribution in [0.3, 0.4) is 0 Å². The summed E-state index contributed by atoms with van der Waals surface area (Å²) in [6, 6.07) is 11.8. The Hall–Kier alpha value is -3.31. The van der Waals surface area contributed by atoms with E-state index >= 15 is 0 Å². The van der Waals surface area contributed by atoms with Crippen LogP contribution in [0.5, 0.6) is 0 Å². The molecule has 0 spiro atoms. The lowest BCUT2D eigenvalue weighted by atomic mass is 9.94. The number of amides is 1. The van der Waals surface area contributed by atoms with Crippen LogP contribution in [-0.4, -0.2) is 31.1 Å². The zero-order chi connectivity index (χ0) is 25.1. The number of halogens is 1. The van der Waals surface area contributed by atoms with Gasteiger partial charge in [-0.25, -0.2) is 12.8 Å². The fraction of sp³-hybridized carbons (Fsp3) is 0.348. The van der Waals surface area contributed by atoms with Crippen LogP contribution in [0.15, 0.2) is 57.9 Å². The number of nitrogens with one attached hydrogen (secondary N) is 2. The summed E-state index contributed by atoms with van der Waals surface area (Å²) >= 11 is 0. The van der Waals surface area contributed by atoms with Gasteiger partial charge in [-0.2, -0.15) is 4.98 Å². The Morgan fingerprint density at radius 2 is 1.79 bits per heavy atom. The van der Waals surface area contributed by atoms with Gasteiger partial charge in [-0.3, -0.25) is 9.52 Å². The Bertz CT molecular complexity index is 1260. The van der Waals surface area contributed by atoms with Crippen molar-refractivity contribution >= 4 is 27.3 Å². The summed E-state index contributed by atoms with van der Waals surface area (Å²) < 4.78 is 46.4. The van der Waals surface area contributed by atoms with E-state index in [0.717, 1.165) is 0 Å². The number of nitrogens with zero attached hydrogens (tertiary/aromatic N) is 2. The first-order chi connectivity index (χ1) is 15.9. The van der Waals surface area contributed by atoms with E-state index in [4.69, 9.17) is 10.3 Å². The summed E-state index contributed by atoms with van der Waals surface area (Å²) in [6.07, 6.45) is 0. The maximum atomic E-state index is 13.0. The molecule has 0 saturated carbocycles. The molecular weight excluding hydrogens is 461 g/mol. The average molecular weight is 490 g/mol. The van der Waals surface area contributed by atoms with Crippen LogP contribution in [0.2, 0.25) is 0 Å². The largest absolute Gasteiger partial charge is 0.337 e. The van der Waals surface area contributed by atoms with Crippen molar-refractivity contribution in [2.45, 2.75) is 38.6 Å². The predicted molar refractivity (Wildman–Crippen MR) is 127 cm³/mol. The van der Waals surface area contributed by atoms with E-state index in [1.807, 2.05) is 13.8 Å². The molecule has 1 amide bonds. The topological polar surface area (TPSA) is 140 Å². The minimum atomic E-state index is -3.92. The van der Waals surface area contributed by atoms with Crippen molar-refractivity contribution in [3.8, 4) is 11.4 Å². The van der Waals surface area contributed by atoms with E-state index in [2.05, 4.69) is 20.2 Å². The van der Waals surface area contributed by atoms with Crippen LogP contribution in [0, 0.1) is 11.3 Å². The third-order valence-corrected chi connectivity index (χ3v) is 6.59. The number of carbonyl (C=O) groups is 1. The molecule has 34 heavy (non-hydrogen) atoms. The molecular formula is C23H28FN5O4S. The van der Waals surface area contributed by atoms with Gasteiger partial charge in [-0.1, -0.05) is 25.1 Å². The molecule has 3 aromatic rings. The molecule has 0 aliphatic carbocycles. The molecule has 0 saturated heterocycles. The molecule has 3 rings (SSSR count). The lowest BCUT2D eigenvalue weighted by Gasteiger charge is -2.19. The van der Waals surface area contributed by atoms with Crippen molar-refractivity contribution < 1.29 is 22.1 Å². The van der Waals surface area contributed by atoms with Gasteiger partial charge in [0.2, 0.25) is 17.6 Å². The van der Waals surface area contributed by atoms with Crippen LogP contribution in [0.4, 0.5) is 15.8 Å². The molecule has 182 valence electrons. The number of hydrogen-bond donors (Lipinski definition) is 3. The van der Waals surface area contributed by atoms with Crippen LogP contribution < -0.4 is 15.8 Å². The molecule has 11 heteroatoms. The third-order valence-electron chi connectivity index (χ3n) is 5.19. The maximum Gasteiger partial charge on any atom is 0.261 e. The van der Waals surface area contributed by atoms with E-state index in [0.29, 0.717) is 23.0 Å². The van der Waals surface area contributed by atoms with Crippen LogP contribution in [0.25, 0.3) is 11.4 Å². The molecule has 0 aliphatic heterocycles. The Morgan fingerprint density at radius 1 is 1.15 bits per heavy atom. The normalized spacial score (nSPS) is 13.0. The fourth-order valence-corrected chi connectivity index (χ4v) is 3.84. The van der Waals surface area contributed by atoms with E-state index < -0.39 is 34.1 Å². The zero-order valence-electron chi connectivity index (χ0n) is 19.4. The highest BCUT2D eigenvalue weighted by atomic mass is 32.2. The van der Waals surface area contributed by atoms with E-state index in [1.165, 1.54) is 32.0 Å². The molecule has 0 aliphatic rings.